The number of hydrogen-bond donors (Lipinski definition) is 2. The molecule has 1 heterocycles. The molecule has 2 N–H and O–H groups in total. The highest BCUT2D eigenvalue weighted by Gasteiger charge is 2.20. The Labute approximate surface area is 148 Å². The van der Waals surface area contributed by atoms with Crippen LogP contribution in [0.1, 0.15) is 17.5 Å². The van der Waals surface area contributed by atoms with Crippen LogP contribution in [0.25, 0.3) is 10.9 Å². The minimum Gasteiger partial charge on any atom is -0.361 e. The lowest BCUT2D eigenvalue weighted by atomic mass is 10.0. The number of para-hydroxylation sites is 1. The van der Waals surface area contributed by atoms with Crippen molar-refractivity contribution in [2.24, 2.45) is 0 Å². The molecule has 0 saturated carbocycles. The Bertz CT molecular complexity index is 972. The highest BCUT2D eigenvalue weighted by molar-refractivity contribution is 7.89. The van der Waals surface area contributed by atoms with Crippen molar-refractivity contribution >= 4 is 20.9 Å². The molecule has 2 aromatic carbocycles. The molecule has 1 atom stereocenters. The van der Waals surface area contributed by atoms with Crippen LogP contribution in [0.2, 0.25) is 0 Å². The number of nitrogens with one attached hydrogen (secondary N) is 2. The van der Waals surface area contributed by atoms with Crippen LogP contribution < -0.4 is 4.72 Å². The van der Waals surface area contributed by atoms with E-state index < -0.39 is 10.0 Å². The summed E-state index contributed by atoms with van der Waals surface area (Å²) in [5.41, 5.74) is 3.17. The van der Waals surface area contributed by atoms with Gasteiger partial charge in [-0.2, -0.15) is 0 Å². The number of hydrogen-bond acceptors (Lipinski definition) is 2. The van der Waals surface area contributed by atoms with Gasteiger partial charge in [0.2, 0.25) is 10.0 Å². The van der Waals surface area contributed by atoms with Gasteiger partial charge in [0, 0.05) is 23.1 Å². The van der Waals surface area contributed by atoms with Gasteiger partial charge in [0.25, 0.3) is 0 Å². The molecule has 5 heteroatoms. The molecule has 25 heavy (non-hydrogen) atoms. The van der Waals surface area contributed by atoms with E-state index in [1.54, 1.807) is 30.3 Å². The van der Waals surface area contributed by atoms with Gasteiger partial charge < -0.3 is 4.98 Å². The van der Waals surface area contributed by atoms with Gasteiger partial charge in [0.05, 0.1) is 4.90 Å². The molecular formula is C20H22N2O2S. The molecular weight excluding hydrogens is 332 g/mol. The number of aryl methyl sites for hydroxylation is 1. The Morgan fingerprint density at radius 2 is 1.88 bits per heavy atom. The number of aromatic nitrogens is 1. The summed E-state index contributed by atoms with van der Waals surface area (Å²) < 4.78 is 28.2. The van der Waals surface area contributed by atoms with Crippen LogP contribution in [0.5, 0.6) is 0 Å². The predicted molar refractivity (Wildman–Crippen MR) is 102 cm³/mol. The number of rotatable bonds is 7. The SMILES string of the molecule is C=CC[C@@H](Cc1c[nH]c2ccccc12)NS(=O)(=O)c1ccc(C)cc1. The van der Waals surface area contributed by atoms with Gasteiger partial charge in [-0.25, -0.2) is 13.1 Å². The zero-order valence-electron chi connectivity index (χ0n) is 14.2. The van der Waals surface area contributed by atoms with Crippen LogP contribution in [0.3, 0.4) is 0 Å². The summed E-state index contributed by atoms with van der Waals surface area (Å²) in [4.78, 5) is 3.52. The minimum atomic E-state index is -3.56. The maximum Gasteiger partial charge on any atom is 0.240 e. The fourth-order valence-electron chi connectivity index (χ4n) is 2.95. The summed E-state index contributed by atoms with van der Waals surface area (Å²) in [7, 11) is -3.56. The van der Waals surface area contributed by atoms with Crippen LogP contribution in [-0.2, 0) is 16.4 Å². The molecule has 3 aromatic rings. The molecule has 0 amide bonds. The molecule has 0 unspecified atom stereocenters. The first-order chi connectivity index (χ1) is 12.0. The molecule has 0 aliphatic rings. The number of sulfonamides is 1. The fourth-order valence-corrected chi connectivity index (χ4v) is 4.19. The van der Waals surface area contributed by atoms with E-state index >= 15 is 0 Å². The van der Waals surface area contributed by atoms with Crippen LogP contribution in [0.15, 0.2) is 72.3 Å². The largest absolute Gasteiger partial charge is 0.361 e. The molecule has 1 aromatic heterocycles. The third-order valence-corrected chi connectivity index (χ3v) is 5.78. The average molecular weight is 354 g/mol. The molecule has 3 rings (SSSR count). The van der Waals surface area contributed by atoms with Crippen LogP contribution in [0.4, 0.5) is 0 Å². The number of H-pyrrole nitrogens is 1. The maximum atomic E-state index is 12.7. The molecule has 0 radical (unpaired) electrons. The van der Waals surface area contributed by atoms with Gasteiger partial charge >= 0.3 is 0 Å². The molecule has 0 fully saturated rings. The second kappa shape index (κ2) is 7.25. The van der Waals surface area contributed by atoms with Gasteiger partial charge in [0.15, 0.2) is 0 Å². The van der Waals surface area contributed by atoms with Gasteiger partial charge in [-0.15, -0.1) is 6.58 Å². The van der Waals surface area contributed by atoms with Crippen molar-refractivity contribution < 1.29 is 8.42 Å². The van der Waals surface area contributed by atoms with Crippen molar-refractivity contribution in [1.82, 2.24) is 9.71 Å². The van der Waals surface area contributed by atoms with E-state index in [0.29, 0.717) is 12.8 Å². The number of aromatic amines is 1. The molecule has 0 spiro atoms. The summed E-state index contributed by atoms with van der Waals surface area (Å²) in [6.07, 6.45) is 4.85. The maximum absolute atomic E-state index is 12.7. The van der Waals surface area contributed by atoms with Gasteiger partial charge in [-0.1, -0.05) is 42.0 Å². The highest BCUT2D eigenvalue weighted by atomic mass is 32.2. The average Bonchev–Trinajstić information content (AvgIpc) is 2.98. The Morgan fingerprint density at radius 3 is 2.60 bits per heavy atom. The lowest BCUT2D eigenvalue weighted by Crippen LogP contribution is -2.36. The van der Waals surface area contributed by atoms with Gasteiger partial charge in [-0.3, -0.25) is 0 Å². The number of benzene rings is 2. The van der Waals surface area contributed by atoms with E-state index in [9.17, 15) is 8.42 Å². The zero-order chi connectivity index (χ0) is 17.9. The second-order valence-corrected chi connectivity index (χ2v) is 7.93. The lowest BCUT2D eigenvalue weighted by molar-refractivity contribution is 0.547. The van der Waals surface area contributed by atoms with E-state index in [1.807, 2.05) is 37.4 Å². The molecule has 130 valence electrons. The van der Waals surface area contributed by atoms with Gasteiger partial charge in [-0.05, 0) is 43.5 Å². The zero-order valence-corrected chi connectivity index (χ0v) is 15.0. The van der Waals surface area contributed by atoms with E-state index in [-0.39, 0.29) is 10.9 Å². The Morgan fingerprint density at radius 1 is 1.16 bits per heavy atom. The monoisotopic (exact) mass is 354 g/mol. The summed E-state index contributed by atoms with van der Waals surface area (Å²) in [5.74, 6) is 0. The predicted octanol–water partition coefficient (Wildman–Crippen LogP) is 3.94. The third-order valence-electron chi connectivity index (χ3n) is 4.25. The van der Waals surface area contributed by atoms with Crippen molar-refractivity contribution in [3.05, 3.63) is 78.5 Å². The van der Waals surface area contributed by atoms with Crippen molar-refractivity contribution in [3.8, 4) is 0 Å². The second-order valence-electron chi connectivity index (χ2n) is 6.22. The molecule has 0 bridgehead atoms. The Balaban J connectivity index is 1.83. The topological polar surface area (TPSA) is 62.0 Å². The lowest BCUT2D eigenvalue weighted by Gasteiger charge is -2.17. The van der Waals surface area contributed by atoms with Gasteiger partial charge in [0.1, 0.15) is 0 Å². The summed E-state index contributed by atoms with van der Waals surface area (Å²) in [6, 6.07) is 14.6. The third kappa shape index (κ3) is 4.00. The molecule has 4 nitrogen and oxygen atoms in total. The van der Waals surface area contributed by atoms with Crippen molar-refractivity contribution in [3.63, 3.8) is 0 Å². The highest BCUT2D eigenvalue weighted by Crippen LogP contribution is 2.21. The molecule has 0 saturated heterocycles. The number of fused-ring (bicyclic) bond motifs is 1. The van der Waals surface area contributed by atoms with E-state index in [0.717, 1.165) is 22.0 Å². The van der Waals surface area contributed by atoms with Crippen molar-refractivity contribution in [2.75, 3.05) is 0 Å². The fraction of sp³-hybridized carbons (Fsp3) is 0.200. The Kier molecular flexibility index (Phi) is 5.06. The first-order valence-corrected chi connectivity index (χ1v) is 9.73. The first-order valence-electron chi connectivity index (χ1n) is 8.24. The summed E-state index contributed by atoms with van der Waals surface area (Å²) in [5, 5.41) is 1.12. The Hall–Kier alpha value is -2.37. The summed E-state index contributed by atoms with van der Waals surface area (Å²) in [6.45, 7) is 5.70. The van der Waals surface area contributed by atoms with Crippen molar-refractivity contribution in [2.45, 2.75) is 30.7 Å². The normalized spacial score (nSPS) is 13.0. The molecule has 0 aliphatic heterocycles. The standard InChI is InChI=1S/C20H22N2O2S/c1-3-6-17(13-16-14-21-20-8-5-4-7-19(16)20)22-25(23,24)18-11-9-15(2)10-12-18/h3-5,7-12,14,17,21-22H,1,6,13H2,2H3/t17-/m0/s1. The van der Waals surface area contributed by atoms with E-state index in [1.165, 1.54) is 0 Å². The first kappa shape index (κ1) is 17.5. The quantitative estimate of drug-likeness (QED) is 0.631. The van der Waals surface area contributed by atoms with Crippen LogP contribution >= 0.6 is 0 Å². The van der Waals surface area contributed by atoms with E-state index in [2.05, 4.69) is 16.3 Å². The van der Waals surface area contributed by atoms with Crippen LogP contribution in [0, 0.1) is 6.92 Å². The van der Waals surface area contributed by atoms with Crippen LogP contribution in [-0.4, -0.2) is 19.4 Å². The van der Waals surface area contributed by atoms with Crippen molar-refractivity contribution in [1.29, 1.82) is 0 Å². The summed E-state index contributed by atoms with van der Waals surface area (Å²) >= 11 is 0. The smallest absolute Gasteiger partial charge is 0.240 e. The molecule has 0 aliphatic carbocycles. The minimum absolute atomic E-state index is 0.247. The van der Waals surface area contributed by atoms with E-state index in [4.69, 9.17) is 0 Å².